The first-order valence-corrected chi connectivity index (χ1v) is 5.93. The summed E-state index contributed by atoms with van der Waals surface area (Å²) in [5, 5.41) is 0. The van der Waals surface area contributed by atoms with Gasteiger partial charge >= 0.3 is 0 Å². The van der Waals surface area contributed by atoms with E-state index in [1.807, 2.05) is 26.0 Å². The molecule has 2 N–H and O–H groups in total. The van der Waals surface area contributed by atoms with E-state index in [0.717, 1.165) is 11.1 Å². The number of pyridine rings is 1. The predicted molar refractivity (Wildman–Crippen MR) is 72.7 cm³/mol. The first kappa shape index (κ1) is 11.6. The van der Waals surface area contributed by atoms with Crippen molar-refractivity contribution < 1.29 is 4.39 Å². The van der Waals surface area contributed by atoms with Crippen molar-refractivity contribution in [2.24, 2.45) is 0 Å². The molecule has 0 aliphatic carbocycles. The third-order valence-electron chi connectivity index (χ3n) is 3.00. The van der Waals surface area contributed by atoms with Gasteiger partial charge in [0, 0.05) is 6.20 Å². The second-order valence-corrected chi connectivity index (χ2v) is 4.62. The summed E-state index contributed by atoms with van der Waals surface area (Å²) in [5.41, 5.74) is 9.32. The summed E-state index contributed by atoms with van der Waals surface area (Å²) in [6.45, 7) is 3.76. The van der Waals surface area contributed by atoms with Crippen molar-refractivity contribution >= 4 is 17.1 Å². The molecule has 0 atom stereocenters. The van der Waals surface area contributed by atoms with Crippen molar-refractivity contribution in [2.45, 2.75) is 13.8 Å². The average molecular weight is 256 g/mol. The number of halogens is 1. The highest BCUT2D eigenvalue weighted by Gasteiger charge is 2.14. The Balaban J connectivity index is 2.33. The maximum Gasteiger partial charge on any atom is 0.207 e. The van der Waals surface area contributed by atoms with Crippen LogP contribution in [-0.4, -0.2) is 14.5 Å². The van der Waals surface area contributed by atoms with Crippen molar-refractivity contribution in [3.63, 3.8) is 0 Å². The fraction of sp³-hybridized carbons (Fsp3) is 0.143. The molecule has 4 nitrogen and oxygen atoms in total. The van der Waals surface area contributed by atoms with Gasteiger partial charge < -0.3 is 5.73 Å². The maximum absolute atomic E-state index is 14.1. The van der Waals surface area contributed by atoms with E-state index in [4.69, 9.17) is 5.73 Å². The van der Waals surface area contributed by atoms with Gasteiger partial charge in [-0.2, -0.15) is 0 Å². The molecule has 0 radical (unpaired) electrons. The summed E-state index contributed by atoms with van der Waals surface area (Å²) in [4.78, 5) is 8.52. The van der Waals surface area contributed by atoms with Crippen LogP contribution in [0.15, 0.2) is 30.5 Å². The lowest BCUT2D eigenvalue weighted by atomic mass is 10.2. The summed E-state index contributed by atoms with van der Waals surface area (Å²) in [6.07, 6.45) is 1.71. The van der Waals surface area contributed by atoms with Crippen molar-refractivity contribution in [1.82, 2.24) is 14.5 Å². The van der Waals surface area contributed by atoms with Crippen LogP contribution in [0.4, 0.5) is 10.3 Å². The number of fused-ring (bicyclic) bond motifs is 1. The summed E-state index contributed by atoms with van der Waals surface area (Å²) < 4.78 is 15.6. The number of anilines is 1. The molecule has 0 aliphatic heterocycles. The van der Waals surface area contributed by atoms with Gasteiger partial charge in [-0.1, -0.05) is 6.07 Å². The lowest BCUT2D eigenvalue weighted by molar-refractivity contribution is 0.618. The predicted octanol–water partition coefficient (Wildman–Crippen LogP) is 2.76. The Kier molecular flexibility index (Phi) is 2.48. The fourth-order valence-electron chi connectivity index (χ4n) is 2.11. The number of nitrogens with two attached hydrogens (primary N) is 1. The molecule has 0 saturated carbocycles. The molecule has 3 aromatic rings. The van der Waals surface area contributed by atoms with Gasteiger partial charge in [0.2, 0.25) is 5.95 Å². The Morgan fingerprint density at radius 1 is 1.16 bits per heavy atom. The average Bonchev–Trinajstić information content (AvgIpc) is 2.65. The first-order chi connectivity index (χ1) is 9.06. The molecule has 96 valence electrons. The number of aromatic nitrogens is 3. The molecule has 0 saturated heterocycles. The van der Waals surface area contributed by atoms with Gasteiger partial charge in [0.1, 0.15) is 11.3 Å². The van der Waals surface area contributed by atoms with Gasteiger partial charge in [-0.05, 0) is 43.2 Å². The van der Waals surface area contributed by atoms with Crippen molar-refractivity contribution in [1.29, 1.82) is 0 Å². The van der Waals surface area contributed by atoms with Crippen LogP contribution in [0.5, 0.6) is 0 Å². The summed E-state index contributed by atoms with van der Waals surface area (Å²) in [6, 6.07) is 6.86. The smallest absolute Gasteiger partial charge is 0.207 e. The minimum absolute atomic E-state index is 0.232. The van der Waals surface area contributed by atoms with E-state index in [1.165, 1.54) is 10.6 Å². The molecule has 19 heavy (non-hydrogen) atoms. The molecule has 0 unspecified atom stereocenters. The highest BCUT2D eigenvalue weighted by molar-refractivity contribution is 5.77. The molecule has 0 bridgehead atoms. The first-order valence-electron chi connectivity index (χ1n) is 5.93. The van der Waals surface area contributed by atoms with Gasteiger partial charge in [0.15, 0.2) is 5.65 Å². The van der Waals surface area contributed by atoms with Gasteiger partial charge in [0.25, 0.3) is 0 Å². The minimum atomic E-state index is -0.339. The molecule has 0 fully saturated rings. The largest absolute Gasteiger partial charge is 0.369 e. The van der Waals surface area contributed by atoms with Crippen LogP contribution in [0.3, 0.4) is 0 Å². The van der Waals surface area contributed by atoms with E-state index >= 15 is 0 Å². The van der Waals surface area contributed by atoms with Crippen LogP contribution in [-0.2, 0) is 0 Å². The van der Waals surface area contributed by atoms with Gasteiger partial charge in [-0.3, -0.25) is 4.57 Å². The van der Waals surface area contributed by atoms with Gasteiger partial charge in [0.05, 0.1) is 5.69 Å². The minimum Gasteiger partial charge on any atom is -0.369 e. The number of benzene rings is 1. The standard InChI is InChI=1S/C14H13FN4/c1-8-3-4-12(10(15)5-8)19-13-11(18-14(19)16)6-9(2)7-17-13/h3-7H,1-2H3,(H2,16,18). The van der Waals surface area contributed by atoms with Crippen LogP contribution < -0.4 is 5.73 Å². The third-order valence-corrected chi connectivity index (χ3v) is 3.00. The van der Waals surface area contributed by atoms with Crippen LogP contribution in [0.25, 0.3) is 16.9 Å². The Labute approximate surface area is 109 Å². The zero-order valence-electron chi connectivity index (χ0n) is 10.7. The molecule has 1 aromatic carbocycles. The second-order valence-electron chi connectivity index (χ2n) is 4.62. The summed E-state index contributed by atoms with van der Waals surface area (Å²) >= 11 is 0. The molecule has 5 heteroatoms. The van der Waals surface area contributed by atoms with Gasteiger partial charge in [-0.25, -0.2) is 14.4 Å². The van der Waals surface area contributed by atoms with Crippen molar-refractivity contribution in [2.75, 3.05) is 5.73 Å². The van der Waals surface area contributed by atoms with E-state index in [2.05, 4.69) is 9.97 Å². The van der Waals surface area contributed by atoms with E-state index in [-0.39, 0.29) is 11.8 Å². The number of hydrogen-bond acceptors (Lipinski definition) is 3. The SMILES string of the molecule is Cc1ccc(-n2c(N)nc3cc(C)cnc32)c(F)c1. The van der Waals surface area contributed by atoms with Crippen molar-refractivity contribution in [3.8, 4) is 5.69 Å². The Hall–Kier alpha value is -2.43. The molecule has 0 aliphatic rings. The van der Waals surface area contributed by atoms with Crippen LogP contribution >= 0.6 is 0 Å². The van der Waals surface area contributed by atoms with E-state index in [0.29, 0.717) is 16.9 Å². The van der Waals surface area contributed by atoms with Crippen LogP contribution in [0, 0.1) is 19.7 Å². The monoisotopic (exact) mass is 256 g/mol. The Morgan fingerprint density at radius 2 is 1.95 bits per heavy atom. The van der Waals surface area contributed by atoms with Crippen LogP contribution in [0.1, 0.15) is 11.1 Å². The third kappa shape index (κ3) is 1.83. The number of nitrogens with zero attached hydrogens (tertiary/aromatic N) is 3. The molecular weight excluding hydrogens is 243 g/mol. The van der Waals surface area contributed by atoms with E-state index in [1.54, 1.807) is 12.3 Å². The molecule has 0 amide bonds. The quantitative estimate of drug-likeness (QED) is 0.728. The highest BCUT2D eigenvalue weighted by atomic mass is 19.1. The van der Waals surface area contributed by atoms with E-state index in [9.17, 15) is 4.39 Å². The topological polar surface area (TPSA) is 56.7 Å². The maximum atomic E-state index is 14.1. The summed E-state index contributed by atoms with van der Waals surface area (Å²) in [7, 11) is 0. The second kappa shape index (κ2) is 4.05. The summed E-state index contributed by atoms with van der Waals surface area (Å²) in [5.74, 6) is -0.107. The highest BCUT2D eigenvalue weighted by Crippen LogP contribution is 2.24. The van der Waals surface area contributed by atoms with Gasteiger partial charge in [-0.15, -0.1) is 0 Å². The zero-order chi connectivity index (χ0) is 13.6. The molecule has 0 spiro atoms. The number of nitrogen functional groups attached to an aromatic ring is 1. The molecular formula is C14H13FN4. The lowest BCUT2D eigenvalue weighted by Gasteiger charge is -2.07. The zero-order valence-corrected chi connectivity index (χ0v) is 10.7. The molecule has 2 heterocycles. The van der Waals surface area contributed by atoms with E-state index < -0.39 is 0 Å². The van der Waals surface area contributed by atoms with Crippen LogP contribution in [0.2, 0.25) is 0 Å². The molecule has 2 aromatic heterocycles. The number of imidazole rings is 1. The Bertz CT molecular complexity index is 776. The molecule has 3 rings (SSSR count). The fourth-order valence-corrected chi connectivity index (χ4v) is 2.11. The number of aryl methyl sites for hydroxylation is 2. The Morgan fingerprint density at radius 3 is 2.68 bits per heavy atom. The number of rotatable bonds is 1. The number of hydrogen-bond donors (Lipinski definition) is 1. The normalized spacial score (nSPS) is 11.1. The lowest BCUT2D eigenvalue weighted by Crippen LogP contribution is -2.04. The van der Waals surface area contributed by atoms with Crippen molar-refractivity contribution in [3.05, 3.63) is 47.4 Å².